The summed E-state index contributed by atoms with van der Waals surface area (Å²) in [5, 5.41) is 10.2. The molecule has 1 N–H and O–H groups in total. The van der Waals surface area contributed by atoms with Gasteiger partial charge in [0, 0.05) is 43.3 Å². The second kappa shape index (κ2) is 13.7. The van der Waals surface area contributed by atoms with Crippen molar-refractivity contribution in [2.75, 3.05) is 46.0 Å². The molecule has 2 aliphatic rings. The van der Waals surface area contributed by atoms with Gasteiger partial charge in [0.2, 0.25) is 0 Å². The number of carbonyl (C=O) groups excluding carboxylic acids is 1. The van der Waals surface area contributed by atoms with Crippen molar-refractivity contribution in [3.05, 3.63) is 101 Å². The average Bonchev–Trinajstić information content (AvgIpc) is 3.32. The van der Waals surface area contributed by atoms with E-state index in [2.05, 4.69) is 28.1 Å². The first-order valence-electron chi connectivity index (χ1n) is 14.4. The zero-order valence-corrected chi connectivity index (χ0v) is 25.6. The van der Waals surface area contributed by atoms with E-state index >= 15 is 0 Å². The van der Waals surface area contributed by atoms with Crippen LogP contribution in [0.1, 0.15) is 21.5 Å². The summed E-state index contributed by atoms with van der Waals surface area (Å²) in [5.41, 5.74) is 4.95. The number of hydrogen-bond acceptors (Lipinski definition) is 8. The summed E-state index contributed by atoms with van der Waals surface area (Å²) >= 11 is 6.88. The Morgan fingerprint density at radius 3 is 2.59 bits per heavy atom. The van der Waals surface area contributed by atoms with Gasteiger partial charge >= 0.3 is 5.97 Å². The van der Waals surface area contributed by atoms with Gasteiger partial charge in [0.25, 0.3) is 5.91 Å². The Kier molecular flexibility index (Phi) is 9.32. The van der Waals surface area contributed by atoms with Gasteiger partial charge in [-0.05, 0) is 71.7 Å². The zero-order valence-electron chi connectivity index (χ0n) is 24.0. The van der Waals surface area contributed by atoms with E-state index in [1.807, 2.05) is 36.4 Å². The molecule has 0 atom stereocenters. The van der Waals surface area contributed by atoms with Gasteiger partial charge in [-0.25, -0.2) is 4.79 Å². The second-order valence-corrected chi connectivity index (χ2v) is 12.2. The highest BCUT2D eigenvalue weighted by molar-refractivity contribution is 8.26. The maximum absolute atomic E-state index is 13.5. The molecule has 4 aromatic rings. The summed E-state index contributed by atoms with van der Waals surface area (Å²) in [6.07, 6.45) is 4.22. The number of hydrogen-bond donors (Lipinski definition) is 1. The Hall–Kier alpha value is -4.09. The monoisotopic (exact) mass is 625 g/mol. The number of aromatic carboxylic acids is 1. The topological polar surface area (TPSA) is 92.2 Å². The summed E-state index contributed by atoms with van der Waals surface area (Å²) in [6.45, 7) is 4.95. The number of carboxylic acids is 1. The number of pyridine rings is 1. The third-order valence-corrected chi connectivity index (χ3v) is 9.08. The van der Waals surface area contributed by atoms with Crippen molar-refractivity contribution in [3.63, 3.8) is 0 Å². The quantitative estimate of drug-likeness (QED) is 0.175. The second-order valence-electron chi connectivity index (χ2n) is 10.6. The van der Waals surface area contributed by atoms with Crippen LogP contribution in [-0.4, -0.2) is 82.1 Å². The summed E-state index contributed by atoms with van der Waals surface area (Å²) in [7, 11) is 0. The van der Waals surface area contributed by atoms with Gasteiger partial charge < -0.3 is 14.6 Å². The molecule has 8 nitrogen and oxygen atoms in total. The summed E-state index contributed by atoms with van der Waals surface area (Å²) < 4.78 is 12.2. The zero-order chi connectivity index (χ0) is 30.5. The van der Waals surface area contributed by atoms with E-state index in [0.717, 1.165) is 66.0 Å². The van der Waals surface area contributed by atoms with Gasteiger partial charge in [0.05, 0.1) is 29.2 Å². The highest BCUT2D eigenvalue weighted by atomic mass is 32.2. The van der Waals surface area contributed by atoms with Crippen molar-refractivity contribution >= 4 is 57.2 Å². The van der Waals surface area contributed by atoms with E-state index in [9.17, 15) is 9.59 Å². The van der Waals surface area contributed by atoms with E-state index in [-0.39, 0.29) is 11.5 Å². The minimum Gasteiger partial charge on any atom is -0.492 e. The fourth-order valence-corrected chi connectivity index (χ4v) is 6.53. The fourth-order valence-electron chi connectivity index (χ4n) is 5.23. The number of nitrogens with zero attached hydrogens (tertiary/aromatic N) is 3. The maximum atomic E-state index is 13.5. The fraction of sp³-hybridized carbons (Fsp3) is 0.235. The summed E-state index contributed by atoms with van der Waals surface area (Å²) in [5.74, 6) is -0.415. The van der Waals surface area contributed by atoms with Gasteiger partial charge in [-0.15, -0.1) is 0 Å². The lowest BCUT2D eigenvalue weighted by Gasteiger charge is -2.26. The molecule has 0 aliphatic carbocycles. The molecule has 3 heterocycles. The molecule has 224 valence electrons. The number of amides is 1. The Balaban J connectivity index is 1.23. The number of benzene rings is 3. The lowest BCUT2D eigenvalue weighted by Crippen LogP contribution is -2.38. The van der Waals surface area contributed by atoms with Gasteiger partial charge in [0.1, 0.15) is 16.7 Å². The number of aromatic nitrogens is 1. The third-order valence-electron chi connectivity index (χ3n) is 7.70. The average molecular weight is 626 g/mol. The molecule has 10 heteroatoms. The Bertz CT molecular complexity index is 1730. The lowest BCUT2D eigenvalue weighted by molar-refractivity contribution is -0.122. The summed E-state index contributed by atoms with van der Waals surface area (Å²) in [6, 6.07) is 22.9. The van der Waals surface area contributed by atoms with E-state index in [4.69, 9.17) is 26.8 Å². The first-order chi connectivity index (χ1) is 21.4. The van der Waals surface area contributed by atoms with E-state index in [1.54, 1.807) is 35.4 Å². The molecule has 1 amide bonds. The first kappa shape index (κ1) is 30.0. The Morgan fingerprint density at radius 1 is 1.02 bits per heavy atom. The van der Waals surface area contributed by atoms with Crippen molar-refractivity contribution in [1.29, 1.82) is 0 Å². The van der Waals surface area contributed by atoms with Gasteiger partial charge in [-0.1, -0.05) is 54.3 Å². The van der Waals surface area contributed by atoms with Crippen molar-refractivity contribution < 1.29 is 24.2 Å². The lowest BCUT2D eigenvalue weighted by atomic mass is 10.0. The standard InChI is InChI=1S/C34H31N3O5S2/c38-32-31(44-34(43)37(32)13-11-23-3-5-24(6-4-23)33(39)40)22-28-21-26(25-7-9-29-27(20-25)2-1-12-35-29)8-10-30(28)42-19-16-36-14-17-41-18-15-36/h1-10,12,20-22H,11,13-19H2,(H,39,40). The molecular weight excluding hydrogens is 595 g/mol. The van der Waals surface area contributed by atoms with Crippen LogP contribution < -0.4 is 4.74 Å². The molecule has 0 bridgehead atoms. The van der Waals surface area contributed by atoms with Gasteiger partial charge in [-0.3, -0.25) is 19.6 Å². The van der Waals surface area contributed by atoms with Crippen LogP contribution in [0, 0.1) is 0 Å². The number of morpholine rings is 1. The highest BCUT2D eigenvalue weighted by Crippen LogP contribution is 2.36. The van der Waals surface area contributed by atoms with E-state index in [0.29, 0.717) is 34.5 Å². The van der Waals surface area contributed by atoms with Crippen LogP contribution in [-0.2, 0) is 16.0 Å². The molecule has 2 aliphatic heterocycles. The largest absolute Gasteiger partial charge is 0.492 e. The smallest absolute Gasteiger partial charge is 0.335 e. The van der Waals surface area contributed by atoms with E-state index < -0.39 is 5.97 Å². The van der Waals surface area contributed by atoms with E-state index in [1.165, 1.54) is 11.8 Å². The minimum atomic E-state index is -0.968. The molecule has 2 fully saturated rings. The maximum Gasteiger partial charge on any atom is 0.335 e. The van der Waals surface area contributed by atoms with Crippen molar-refractivity contribution in [1.82, 2.24) is 14.8 Å². The van der Waals surface area contributed by atoms with Crippen LogP contribution in [0.2, 0.25) is 0 Å². The number of thioether (sulfide) groups is 1. The molecule has 0 unspecified atom stereocenters. The SMILES string of the molecule is O=C(O)c1ccc(CCN2C(=O)C(=Cc3cc(-c4ccc5ncccc5c4)ccc3OCCN3CCOCC3)SC2=S)cc1. The number of ether oxygens (including phenoxy) is 2. The molecule has 3 aromatic carbocycles. The third kappa shape index (κ3) is 7.00. The molecule has 6 rings (SSSR count). The molecule has 0 radical (unpaired) electrons. The van der Waals surface area contributed by atoms with Crippen LogP contribution >= 0.6 is 24.0 Å². The normalized spacial score (nSPS) is 16.6. The number of fused-ring (bicyclic) bond motifs is 1. The Labute approximate surface area is 265 Å². The number of rotatable bonds is 10. The van der Waals surface area contributed by atoms with Crippen LogP contribution in [0.15, 0.2) is 83.9 Å². The molecular formula is C34H31N3O5S2. The summed E-state index contributed by atoms with van der Waals surface area (Å²) in [4.78, 5) is 33.6. The predicted molar refractivity (Wildman–Crippen MR) is 177 cm³/mol. The minimum absolute atomic E-state index is 0.149. The molecule has 2 saturated heterocycles. The predicted octanol–water partition coefficient (Wildman–Crippen LogP) is 5.75. The molecule has 0 spiro atoms. The first-order valence-corrected chi connectivity index (χ1v) is 15.7. The van der Waals surface area contributed by atoms with Crippen LogP contribution in [0.5, 0.6) is 5.75 Å². The van der Waals surface area contributed by atoms with Crippen molar-refractivity contribution in [2.45, 2.75) is 6.42 Å². The van der Waals surface area contributed by atoms with Crippen molar-refractivity contribution in [2.24, 2.45) is 0 Å². The van der Waals surface area contributed by atoms with Crippen LogP contribution in [0.3, 0.4) is 0 Å². The molecule has 44 heavy (non-hydrogen) atoms. The van der Waals surface area contributed by atoms with Gasteiger partial charge in [0.15, 0.2) is 0 Å². The van der Waals surface area contributed by atoms with Crippen molar-refractivity contribution in [3.8, 4) is 16.9 Å². The number of carbonyl (C=O) groups is 2. The van der Waals surface area contributed by atoms with Gasteiger partial charge in [-0.2, -0.15) is 0 Å². The highest BCUT2D eigenvalue weighted by Gasteiger charge is 2.32. The number of thiocarbonyl (C=S) groups is 1. The van der Waals surface area contributed by atoms with Crippen LogP contribution in [0.25, 0.3) is 28.1 Å². The molecule has 1 aromatic heterocycles. The van der Waals surface area contributed by atoms with Crippen LogP contribution in [0.4, 0.5) is 0 Å². The molecule has 0 saturated carbocycles. The number of carboxylic acid groups (broad SMARTS) is 1. The Morgan fingerprint density at radius 2 is 1.80 bits per heavy atom.